The minimum atomic E-state index is -1.12. The third-order valence-electron chi connectivity index (χ3n) is 5.12. The average molecular weight is 421 g/mol. The summed E-state index contributed by atoms with van der Waals surface area (Å²) in [5.74, 6) is -1.88. The summed E-state index contributed by atoms with van der Waals surface area (Å²) < 4.78 is 0. The van der Waals surface area contributed by atoms with Crippen LogP contribution in [0, 0.1) is 0 Å². The van der Waals surface area contributed by atoms with Crippen molar-refractivity contribution in [3.05, 3.63) is 71.9 Å². The Morgan fingerprint density at radius 3 is 2.35 bits per heavy atom. The fraction of sp³-hybridized carbons (Fsp3) is 0.292. The van der Waals surface area contributed by atoms with Crippen molar-refractivity contribution in [3.8, 4) is 0 Å². The first-order valence-electron chi connectivity index (χ1n) is 10.4. The molecule has 0 aliphatic rings. The number of aliphatic carboxylic acids is 1. The maximum atomic E-state index is 13.1. The van der Waals surface area contributed by atoms with E-state index in [1.807, 2.05) is 67.7 Å². The smallest absolute Gasteiger partial charge is 0.326 e. The van der Waals surface area contributed by atoms with Crippen LogP contribution in [0.25, 0.3) is 10.9 Å². The van der Waals surface area contributed by atoms with Crippen LogP contribution in [0.5, 0.6) is 0 Å². The highest BCUT2D eigenvalue weighted by Gasteiger charge is 2.27. The van der Waals surface area contributed by atoms with Crippen molar-refractivity contribution in [1.29, 1.82) is 0 Å². The van der Waals surface area contributed by atoms with Crippen LogP contribution in [0.2, 0.25) is 0 Å². The van der Waals surface area contributed by atoms with Gasteiger partial charge in [0, 0.05) is 36.4 Å². The van der Waals surface area contributed by atoms with Gasteiger partial charge >= 0.3 is 5.97 Å². The molecule has 4 N–H and O–H groups in total. The maximum absolute atomic E-state index is 13.1. The standard InChI is InChI=1S/C24H27N3O4/c1-2-8-22(28)26-20(14-17-15-25-19-12-7-6-11-18(17)19)23(29)27-21(24(30)31)13-16-9-4-3-5-10-16/h3-7,9-12,15,20-21,25H,2,8,13-14H2,1H3,(H,26,28)(H,27,29)(H,30,31). The van der Waals surface area contributed by atoms with Gasteiger partial charge in [-0.1, -0.05) is 55.5 Å². The normalized spacial score (nSPS) is 12.8. The van der Waals surface area contributed by atoms with Gasteiger partial charge in [0.25, 0.3) is 0 Å². The lowest BCUT2D eigenvalue weighted by Crippen LogP contribution is -2.53. The zero-order valence-electron chi connectivity index (χ0n) is 17.4. The number of hydrogen-bond donors (Lipinski definition) is 4. The second kappa shape index (κ2) is 10.4. The SMILES string of the molecule is CCCC(=O)NC(Cc1c[nH]c2ccccc12)C(=O)NC(Cc1ccccc1)C(=O)O. The van der Waals surface area contributed by atoms with Crippen molar-refractivity contribution >= 4 is 28.7 Å². The summed E-state index contributed by atoms with van der Waals surface area (Å²) in [6.45, 7) is 1.88. The number of H-pyrrole nitrogens is 1. The number of amides is 2. The first-order valence-corrected chi connectivity index (χ1v) is 10.4. The molecule has 7 heteroatoms. The molecule has 0 saturated carbocycles. The van der Waals surface area contributed by atoms with Gasteiger partial charge in [-0.2, -0.15) is 0 Å². The lowest BCUT2D eigenvalue weighted by atomic mass is 10.0. The zero-order valence-corrected chi connectivity index (χ0v) is 17.4. The molecule has 0 spiro atoms. The molecule has 3 rings (SSSR count). The van der Waals surface area contributed by atoms with Crippen LogP contribution >= 0.6 is 0 Å². The predicted octanol–water partition coefficient (Wildman–Crippen LogP) is 2.81. The first-order chi connectivity index (χ1) is 15.0. The van der Waals surface area contributed by atoms with E-state index in [0.717, 1.165) is 22.0 Å². The summed E-state index contributed by atoms with van der Waals surface area (Å²) in [4.78, 5) is 40.2. The number of benzene rings is 2. The van der Waals surface area contributed by atoms with Crippen LogP contribution in [0.15, 0.2) is 60.8 Å². The van der Waals surface area contributed by atoms with Gasteiger partial charge in [-0.3, -0.25) is 9.59 Å². The third-order valence-corrected chi connectivity index (χ3v) is 5.12. The van der Waals surface area contributed by atoms with E-state index in [0.29, 0.717) is 12.8 Å². The molecule has 0 aliphatic heterocycles. The van der Waals surface area contributed by atoms with Crippen molar-refractivity contribution in [2.75, 3.05) is 0 Å². The Hall–Kier alpha value is -3.61. The number of carbonyl (C=O) groups excluding carboxylic acids is 2. The molecule has 0 bridgehead atoms. The minimum Gasteiger partial charge on any atom is -0.480 e. The van der Waals surface area contributed by atoms with Crippen LogP contribution in [0.1, 0.15) is 30.9 Å². The highest BCUT2D eigenvalue weighted by molar-refractivity contribution is 5.91. The molecule has 0 radical (unpaired) electrons. The second-order valence-electron chi connectivity index (χ2n) is 7.52. The molecule has 2 amide bonds. The summed E-state index contributed by atoms with van der Waals surface area (Å²) in [6, 6.07) is 14.8. The van der Waals surface area contributed by atoms with E-state index in [-0.39, 0.29) is 18.7 Å². The predicted molar refractivity (Wildman–Crippen MR) is 119 cm³/mol. The van der Waals surface area contributed by atoms with Crippen LogP contribution in [-0.4, -0.2) is 40.0 Å². The van der Waals surface area contributed by atoms with E-state index in [1.54, 1.807) is 0 Å². The molecular weight excluding hydrogens is 394 g/mol. The van der Waals surface area contributed by atoms with Crippen molar-refractivity contribution in [1.82, 2.24) is 15.6 Å². The van der Waals surface area contributed by atoms with Gasteiger partial charge in [0.05, 0.1) is 0 Å². The number of para-hydroxylation sites is 1. The van der Waals surface area contributed by atoms with E-state index in [4.69, 9.17) is 0 Å². The summed E-state index contributed by atoms with van der Waals surface area (Å²) in [6.07, 6.45) is 3.17. The Balaban J connectivity index is 1.78. The lowest BCUT2D eigenvalue weighted by Gasteiger charge is -2.21. The molecular formula is C24H27N3O4. The van der Waals surface area contributed by atoms with E-state index in [2.05, 4.69) is 15.6 Å². The number of hydrogen-bond acceptors (Lipinski definition) is 3. The average Bonchev–Trinajstić information content (AvgIpc) is 3.16. The quantitative estimate of drug-likeness (QED) is 0.403. The molecule has 2 aromatic carbocycles. The van der Waals surface area contributed by atoms with E-state index >= 15 is 0 Å². The van der Waals surface area contributed by atoms with E-state index in [1.165, 1.54) is 0 Å². The third kappa shape index (κ3) is 5.94. The monoisotopic (exact) mass is 421 g/mol. The van der Waals surface area contributed by atoms with Gasteiger partial charge in [-0.15, -0.1) is 0 Å². The van der Waals surface area contributed by atoms with Crippen molar-refractivity contribution < 1.29 is 19.5 Å². The molecule has 0 fully saturated rings. The van der Waals surface area contributed by atoms with Gasteiger partial charge in [-0.25, -0.2) is 4.79 Å². The van der Waals surface area contributed by atoms with Crippen LogP contribution < -0.4 is 10.6 Å². The summed E-state index contributed by atoms with van der Waals surface area (Å²) >= 11 is 0. The Morgan fingerprint density at radius 2 is 1.65 bits per heavy atom. The molecule has 1 heterocycles. The molecule has 162 valence electrons. The van der Waals surface area contributed by atoms with Gasteiger partial charge in [0.1, 0.15) is 12.1 Å². The molecule has 31 heavy (non-hydrogen) atoms. The molecule has 7 nitrogen and oxygen atoms in total. The van der Waals surface area contributed by atoms with E-state index in [9.17, 15) is 19.5 Å². The number of nitrogens with one attached hydrogen (secondary N) is 3. The lowest BCUT2D eigenvalue weighted by molar-refractivity contribution is -0.142. The Kier molecular flexibility index (Phi) is 7.43. The fourth-order valence-electron chi connectivity index (χ4n) is 3.55. The number of carboxylic acids is 1. The fourth-order valence-corrected chi connectivity index (χ4v) is 3.55. The highest BCUT2D eigenvalue weighted by atomic mass is 16.4. The van der Waals surface area contributed by atoms with Crippen molar-refractivity contribution in [2.24, 2.45) is 0 Å². The molecule has 1 aromatic heterocycles. The summed E-state index contributed by atoms with van der Waals surface area (Å²) in [5, 5.41) is 16.0. The topological polar surface area (TPSA) is 111 Å². The van der Waals surface area contributed by atoms with Crippen LogP contribution in [0.4, 0.5) is 0 Å². The summed E-state index contributed by atoms with van der Waals surface area (Å²) in [5.41, 5.74) is 2.62. The first kappa shape index (κ1) is 22.1. The molecule has 2 unspecified atom stereocenters. The number of carboxylic acid groups (broad SMARTS) is 1. The number of aromatic nitrogens is 1. The Morgan fingerprint density at radius 1 is 0.935 bits per heavy atom. The van der Waals surface area contributed by atoms with Crippen molar-refractivity contribution in [3.63, 3.8) is 0 Å². The molecule has 0 aliphatic carbocycles. The highest BCUT2D eigenvalue weighted by Crippen LogP contribution is 2.19. The number of rotatable bonds is 10. The van der Waals surface area contributed by atoms with Crippen LogP contribution in [0.3, 0.4) is 0 Å². The van der Waals surface area contributed by atoms with Gasteiger partial charge in [-0.05, 0) is 23.6 Å². The molecule has 3 aromatic rings. The number of carbonyl (C=O) groups is 3. The van der Waals surface area contributed by atoms with Crippen molar-refractivity contribution in [2.45, 2.75) is 44.7 Å². The van der Waals surface area contributed by atoms with E-state index < -0.39 is 24.0 Å². The van der Waals surface area contributed by atoms with Crippen LogP contribution in [-0.2, 0) is 27.2 Å². The Bertz CT molecular complexity index is 1050. The number of fused-ring (bicyclic) bond motifs is 1. The van der Waals surface area contributed by atoms with Gasteiger partial charge in [0.15, 0.2) is 0 Å². The largest absolute Gasteiger partial charge is 0.480 e. The summed E-state index contributed by atoms with van der Waals surface area (Å²) in [7, 11) is 0. The Labute approximate surface area is 180 Å². The van der Waals surface area contributed by atoms with Gasteiger partial charge in [0.2, 0.25) is 11.8 Å². The number of aromatic amines is 1. The minimum absolute atomic E-state index is 0.157. The second-order valence-corrected chi connectivity index (χ2v) is 7.52. The maximum Gasteiger partial charge on any atom is 0.326 e. The molecule has 2 atom stereocenters. The molecule has 0 saturated heterocycles. The zero-order chi connectivity index (χ0) is 22.2. The van der Waals surface area contributed by atoms with Gasteiger partial charge < -0.3 is 20.7 Å².